The number of aromatic nitrogens is 1. The molecule has 1 aromatic heterocycles. The van der Waals surface area contributed by atoms with Crippen molar-refractivity contribution in [2.24, 2.45) is 0 Å². The molecule has 0 aliphatic heterocycles. The van der Waals surface area contributed by atoms with Gasteiger partial charge in [0.2, 0.25) is 0 Å². The number of fused-ring (bicyclic) bond motifs is 1. The number of nitrogens with zero attached hydrogens (tertiary/aromatic N) is 1. The Balaban J connectivity index is 2.16. The molecule has 0 radical (unpaired) electrons. The number of ether oxygens (including phenoxy) is 1. The van der Waals surface area contributed by atoms with Gasteiger partial charge in [-0.05, 0) is 30.3 Å². The molecule has 0 atom stereocenters. The van der Waals surface area contributed by atoms with Crippen LogP contribution in [0.5, 0.6) is 11.5 Å². The second-order valence-electron chi connectivity index (χ2n) is 4.24. The zero-order valence-corrected chi connectivity index (χ0v) is 11.9. The number of hydrogen-bond acceptors (Lipinski definition) is 3. The average molecular weight is 333 g/mol. The zero-order valence-electron chi connectivity index (χ0n) is 10.3. The Bertz CT molecular complexity index is 792. The molecule has 0 fully saturated rings. The highest BCUT2D eigenvalue weighted by atomic mass is 79.9. The second kappa shape index (κ2) is 5.09. The minimum Gasteiger partial charge on any atom is -0.452 e. The summed E-state index contributed by atoms with van der Waals surface area (Å²) in [5, 5.41) is 0.666. The van der Waals surface area contributed by atoms with Crippen molar-refractivity contribution >= 4 is 32.5 Å². The van der Waals surface area contributed by atoms with Gasteiger partial charge in [0.05, 0.1) is 0 Å². The van der Waals surface area contributed by atoms with Crippen LogP contribution in [-0.2, 0) is 0 Å². The number of rotatable bonds is 2. The highest BCUT2D eigenvalue weighted by molar-refractivity contribution is 9.10. The molecule has 100 valence electrons. The number of nitrogen functional groups attached to an aromatic ring is 1. The summed E-state index contributed by atoms with van der Waals surface area (Å²) in [5.74, 6) is 0.0663. The van der Waals surface area contributed by atoms with Crippen molar-refractivity contribution in [3.8, 4) is 11.5 Å². The maximum Gasteiger partial charge on any atom is 0.189 e. The molecule has 20 heavy (non-hydrogen) atoms. The fraction of sp³-hybridized carbons (Fsp3) is 0. The lowest BCUT2D eigenvalue weighted by atomic mass is 10.1. The first-order chi connectivity index (χ1) is 9.65. The van der Waals surface area contributed by atoms with Gasteiger partial charge >= 0.3 is 0 Å². The maximum atomic E-state index is 14.1. The molecule has 0 saturated carbocycles. The van der Waals surface area contributed by atoms with Crippen LogP contribution in [0.2, 0.25) is 0 Å². The highest BCUT2D eigenvalue weighted by Crippen LogP contribution is 2.35. The van der Waals surface area contributed by atoms with Crippen LogP contribution in [0.4, 0.5) is 10.1 Å². The third-order valence-electron chi connectivity index (χ3n) is 2.85. The molecule has 0 aliphatic carbocycles. The molecule has 3 rings (SSSR count). The summed E-state index contributed by atoms with van der Waals surface area (Å²) < 4.78 is 20.6. The summed E-state index contributed by atoms with van der Waals surface area (Å²) in [4.78, 5) is 4.16. The summed E-state index contributed by atoms with van der Waals surface area (Å²) in [6.45, 7) is 0. The normalized spacial score (nSPS) is 10.7. The van der Waals surface area contributed by atoms with E-state index in [9.17, 15) is 4.39 Å². The average Bonchev–Trinajstić information content (AvgIpc) is 2.43. The van der Waals surface area contributed by atoms with Crippen LogP contribution >= 0.6 is 15.9 Å². The van der Waals surface area contributed by atoms with Crippen LogP contribution in [0.15, 0.2) is 53.1 Å². The largest absolute Gasteiger partial charge is 0.452 e. The van der Waals surface area contributed by atoms with Crippen LogP contribution in [-0.4, -0.2) is 4.98 Å². The van der Waals surface area contributed by atoms with Gasteiger partial charge in [0.1, 0.15) is 11.3 Å². The first kappa shape index (κ1) is 12.9. The van der Waals surface area contributed by atoms with Crippen LogP contribution in [0.25, 0.3) is 10.9 Å². The Morgan fingerprint density at radius 1 is 1.15 bits per heavy atom. The number of nitrogens with two attached hydrogens (primary N) is 1. The van der Waals surface area contributed by atoms with Gasteiger partial charge < -0.3 is 10.5 Å². The number of anilines is 1. The molecule has 0 bridgehead atoms. The Morgan fingerprint density at radius 2 is 2.00 bits per heavy atom. The van der Waals surface area contributed by atoms with E-state index in [-0.39, 0.29) is 5.75 Å². The second-order valence-corrected chi connectivity index (χ2v) is 5.15. The molecule has 0 saturated heterocycles. The molecule has 5 heteroatoms. The van der Waals surface area contributed by atoms with Gasteiger partial charge in [-0.25, -0.2) is 4.39 Å². The molecule has 3 aromatic rings. The van der Waals surface area contributed by atoms with Gasteiger partial charge in [-0.15, -0.1) is 0 Å². The smallest absolute Gasteiger partial charge is 0.189 e. The van der Waals surface area contributed by atoms with Gasteiger partial charge in [-0.1, -0.05) is 22.0 Å². The minimum atomic E-state index is -0.534. The van der Waals surface area contributed by atoms with Crippen molar-refractivity contribution in [3.05, 3.63) is 59.0 Å². The molecule has 1 heterocycles. The minimum absolute atomic E-state index is 0.0768. The summed E-state index contributed by atoms with van der Waals surface area (Å²) in [7, 11) is 0. The summed E-state index contributed by atoms with van der Waals surface area (Å²) in [6.07, 6.45) is 1.58. The van der Waals surface area contributed by atoms with Gasteiger partial charge in [-0.2, -0.15) is 0 Å². The summed E-state index contributed by atoms with van der Waals surface area (Å²) in [5.41, 5.74) is 6.55. The van der Waals surface area contributed by atoms with E-state index in [0.717, 1.165) is 4.47 Å². The molecule has 0 amide bonds. The Kier molecular flexibility index (Phi) is 3.28. The topological polar surface area (TPSA) is 48.1 Å². The summed E-state index contributed by atoms with van der Waals surface area (Å²) in [6, 6.07) is 12.0. The monoisotopic (exact) mass is 332 g/mol. The lowest BCUT2D eigenvalue weighted by molar-refractivity contribution is 0.447. The van der Waals surface area contributed by atoms with Gasteiger partial charge in [0.15, 0.2) is 11.6 Å². The van der Waals surface area contributed by atoms with Crippen LogP contribution in [0, 0.1) is 5.82 Å². The van der Waals surface area contributed by atoms with E-state index in [2.05, 4.69) is 20.9 Å². The van der Waals surface area contributed by atoms with E-state index in [1.807, 2.05) is 12.1 Å². The van der Waals surface area contributed by atoms with Gasteiger partial charge in [-0.3, -0.25) is 4.98 Å². The van der Waals surface area contributed by atoms with Crippen molar-refractivity contribution < 1.29 is 9.13 Å². The maximum absolute atomic E-state index is 14.1. The van der Waals surface area contributed by atoms with Crippen molar-refractivity contribution in [2.75, 3.05) is 5.73 Å². The first-order valence-electron chi connectivity index (χ1n) is 5.91. The van der Waals surface area contributed by atoms with E-state index < -0.39 is 5.82 Å². The molecule has 2 aromatic carbocycles. The molecule has 0 spiro atoms. The summed E-state index contributed by atoms with van der Waals surface area (Å²) >= 11 is 3.35. The van der Waals surface area contributed by atoms with E-state index in [0.29, 0.717) is 22.3 Å². The van der Waals surface area contributed by atoms with Crippen molar-refractivity contribution in [1.82, 2.24) is 4.98 Å². The van der Waals surface area contributed by atoms with E-state index in [4.69, 9.17) is 10.5 Å². The fourth-order valence-electron chi connectivity index (χ4n) is 1.96. The van der Waals surface area contributed by atoms with Gasteiger partial charge in [0.25, 0.3) is 0 Å². The standard InChI is InChI=1S/C15H10BrFN2O/c16-9-3-1-4-10(7-9)20-15-12(17)8-13(18)11-5-2-6-19-14(11)15/h1-8H,18H2. The van der Waals surface area contributed by atoms with Gasteiger partial charge in [0, 0.05) is 27.8 Å². The lowest BCUT2D eigenvalue weighted by Crippen LogP contribution is -1.96. The van der Waals surface area contributed by atoms with Crippen molar-refractivity contribution in [3.63, 3.8) is 0 Å². The van der Waals surface area contributed by atoms with Crippen molar-refractivity contribution in [1.29, 1.82) is 0 Å². The Labute approximate surface area is 123 Å². The zero-order chi connectivity index (χ0) is 14.1. The predicted molar refractivity (Wildman–Crippen MR) is 80.3 cm³/mol. The molecule has 0 unspecified atom stereocenters. The lowest BCUT2D eigenvalue weighted by Gasteiger charge is -2.11. The quantitative estimate of drug-likeness (QED) is 0.702. The molecule has 0 aliphatic rings. The highest BCUT2D eigenvalue weighted by Gasteiger charge is 2.14. The number of halogens is 2. The van der Waals surface area contributed by atoms with Crippen LogP contribution in [0.3, 0.4) is 0 Å². The number of hydrogen-bond donors (Lipinski definition) is 1. The third-order valence-corrected chi connectivity index (χ3v) is 3.34. The first-order valence-corrected chi connectivity index (χ1v) is 6.70. The third kappa shape index (κ3) is 2.32. The van der Waals surface area contributed by atoms with Crippen molar-refractivity contribution in [2.45, 2.75) is 0 Å². The fourth-order valence-corrected chi connectivity index (χ4v) is 2.34. The number of benzene rings is 2. The molecular formula is C15H10BrFN2O. The van der Waals surface area contributed by atoms with Crippen LogP contribution in [0.1, 0.15) is 0 Å². The number of pyridine rings is 1. The molecule has 3 nitrogen and oxygen atoms in total. The Morgan fingerprint density at radius 3 is 2.80 bits per heavy atom. The van der Waals surface area contributed by atoms with Crippen LogP contribution < -0.4 is 10.5 Å². The SMILES string of the molecule is Nc1cc(F)c(Oc2cccc(Br)c2)c2ncccc12. The molecular weight excluding hydrogens is 323 g/mol. The van der Waals surface area contributed by atoms with E-state index in [1.54, 1.807) is 30.5 Å². The Hall–Kier alpha value is -2.14. The molecule has 2 N–H and O–H groups in total. The van der Waals surface area contributed by atoms with E-state index in [1.165, 1.54) is 6.07 Å². The predicted octanol–water partition coefficient (Wildman–Crippen LogP) is 4.51. The van der Waals surface area contributed by atoms with E-state index >= 15 is 0 Å².